The van der Waals surface area contributed by atoms with E-state index in [0.717, 1.165) is 0 Å². The summed E-state index contributed by atoms with van der Waals surface area (Å²) in [6.07, 6.45) is -1.83. The number of hydrogen-bond acceptors (Lipinski definition) is 5. The lowest BCUT2D eigenvalue weighted by molar-refractivity contribution is -0.0287. The summed E-state index contributed by atoms with van der Waals surface area (Å²) in [5, 5.41) is 8.92. The fourth-order valence-electron chi connectivity index (χ4n) is 0.788. The van der Waals surface area contributed by atoms with Crippen LogP contribution in [0.5, 0.6) is 0 Å². The van der Waals surface area contributed by atoms with Crippen molar-refractivity contribution in [2.24, 2.45) is 0 Å². The Hall–Kier alpha value is -0.660. The Kier molecular flexibility index (Phi) is 2.89. The van der Waals surface area contributed by atoms with Gasteiger partial charge in [0.2, 0.25) is 0 Å². The molecule has 0 radical (unpaired) electrons. The predicted octanol–water partition coefficient (Wildman–Crippen LogP) is -1.18. The minimum atomic E-state index is -4.75. The van der Waals surface area contributed by atoms with Crippen molar-refractivity contribution in [3.8, 4) is 0 Å². The first-order chi connectivity index (χ1) is 5.92. The molecule has 1 heterocycles. The van der Waals surface area contributed by atoms with E-state index in [4.69, 9.17) is 14.9 Å². The molecule has 1 aliphatic heterocycles. The number of amides is 1. The number of hydroxylamine groups is 2. The summed E-state index contributed by atoms with van der Waals surface area (Å²) in [5.74, 6) is 0. The number of hydrogen-bond donors (Lipinski definition) is 3. The average molecular weight is 213 g/mol. The highest BCUT2D eigenvalue weighted by atomic mass is 31.2. The fourth-order valence-corrected chi connectivity index (χ4v) is 1.18. The van der Waals surface area contributed by atoms with Crippen LogP contribution in [0.1, 0.15) is 0 Å². The predicted molar refractivity (Wildman–Crippen MR) is 37.2 cm³/mol. The number of carbonyl (C=O) groups excluding carboxylic acids is 1. The molecule has 0 saturated carbocycles. The monoisotopic (exact) mass is 213 g/mol. The van der Waals surface area contributed by atoms with Gasteiger partial charge in [-0.2, -0.15) is 9.69 Å². The molecule has 13 heavy (non-hydrogen) atoms. The zero-order valence-electron chi connectivity index (χ0n) is 6.36. The topological polar surface area (TPSA) is 117 Å². The normalized spacial score (nSPS) is 23.5. The van der Waals surface area contributed by atoms with Gasteiger partial charge in [-0.15, -0.1) is 0 Å². The molecule has 1 saturated heterocycles. The van der Waals surface area contributed by atoms with Crippen LogP contribution in [0.15, 0.2) is 0 Å². The number of carbonyl (C=O) groups is 1. The molecule has 76 valence electrons. The molecular formula is C4H8NO7P. The van der Waals surface area contributed by atoms with Crippen LogP contribution in [-0.4, -0.2) is 45.3 Å². The van der Waals surface area contributed by atoms with Crippen LogP contribution in [0.4, 0.5) is 4.79 Å². The van der Waals surface area contributed by atoms with Crippen molar-refractivity contribution in [3.05, 3.63) is 0 Å². The standard InChI is InChI=1S/C4H8NO7P/c6-2-3-1-5(4(7)11-3)12-13(8,9)10/h3,6H,1-2H2,(H2,8,9,10). The Morgan fingerprint density at radius 1 is 1.69 bits per heavy atom. The highest BCUT2D eigenvalue weighted by Gasteiger charge is 2.36. The molecule has 1 fully saturated rings. The van der Waals surface area contributed by atoms with Gasteiger partial charge in [-0.1, -0.05) is 0 Å². The van der Waals surface area contributed by atoms with Crippen molar-refractivity contribution in [2.75, 3.05) is 13.2 Å². The van der Waals surface area contributed by atoms with E-state index in [-0.39, 0.29) is 6.54 Å². The van der Waals surface area contributed by atoms with Gasteiger partial charge >= 0.3 is 13.9 Å². The van der Waals surface area contributed by atoms with Gasteiger partial charge in [0.15, 0.2) is 0 Å². The lowest BCUT2D eigenvalue weighted by Gasteiger charge is -2.11. The van der Waals surface area contributed by atoms with Crippen LogP contribution in [-0.2, 0) is 13.9 Å². The smallest absolute Gasteiger partial charge is 0.440 e. The lowest BCUT2D eigenvalue weighted by atomic mass is 10.4. The third-order valence-corrected chi connectivity index (χ3v) is 1.66. The summed E-state index contributed by atoms with van der Waals surface area (Å²) in [6.45, 7) is -0.632. The molecule has 1 unspecified atom stereocenters. The van der Waals surface area contributed by atoms with Crippen LogP contribution >= 0.6 is 7.82 Å². The van der Waals surface area contributed by atoms with Gasteiger partial charge < -0.3 is 19.6 Å². The molecule has 1 amide bonds. The molecule has 8 nitrogen and oxygen atoms in total. The summed E-state index contributed by atoms with van der Waals surface area (Å²) in [6, 6.07) is 0. The van der Waals surface area contributed by atoms with Crippen LogP contribution in [0.2, 0.25) is 0 Å². The van der Waals surface area contributed by atoms with Crippen LogP contribution < -0.4 is 0 Å². The molecule has 0 bridgehead atoms. The Labute approximate surface area is 72.9 Å². The fraction of sp³-hybridized carbons (Fsp3) is 0.750. The minimum Gasteiger partial charge on any atom is -0.440 e. The van der Waals surface area contributed by atoms with Crippen molar-refractivity contribution < 1.29 is 33.6 Å². The van der Waals surface area contributed by atoms with Crippen molar-refractivity contribution in [3.63, 3.8) is 0 Å². The maximum atomic E-state index is 10.7. The largest absolute Gasteiger partial charge is 0.491 e. The highest BCUT2D eigenvalue weighted by molar-refractivity contribution is 7.46. The quantitative estimate of drug-likeness (QED) is 0.505. The second kappa shape index (κ2) is 3.60. The third kappa shape index (κ3) is 2.94. The molecule has 1 aliphatic rings. The van der Waals surface area contributed by atoms with E-state index >= 15 is 0 Å². The molecule has 0 spiro atoms. The molecule has 3 N–H and O–H groups in total. The summed E-state index contributed by atoms with van der Waals surface area (Å²) >= 11 is 0. The Balaban J connectivity index is 2.53. The van der Waals surface area contributed by atoms with Gasteiger partial charge in [0.1, 0.15) is 6.10 Å². The van der Waals surface area contributed by atoms with E-state index in [0.29, 0.717) is 5.06 Å². The summed E-state index contributed by atoms with van der Waals surface area (Å²) < 4.78 is 18.7. The van der Waals surface area contributed by atoms with Gasteiger partial charge in [0.25, 0.3) is 0 Å². The molecule has 0 aromatic heterocycles. The SMILES string of the molecule is O=C1OC(CO)CN1OP(=O)(O)O. The number of cyclic esters (lactones) is 1. The van der Waals surface area contributed by atoms with Crippen molar-refractivity contribution in [2.45, 2.75) is 6.10 Å². The maximum Gasteiger partial charge on any atom is 0.491 e. The third-order valence-electron chi connectivity index (χ3n) is 1.25. The molecule has 0 aromatic rings. The Morgan fingerprint density at radius 3 is 2.69 bits per heavy atom. The molecule has 9 heteroatoms. The molecule has 0 aromatic carbocycles. The van der Waals surface area contributed by atoms with Crippen molar-refractivity contribution in [1.82, 2.24) is 5.06 Å². The van der Waals surface area contributed by atoms with E-state index in [1.54, 1.807) is 0 Å². The van der Waals surface area contributed by atoms with Gasteiger partial charge in [-0.05, 0) is 0 Å². The second-order valence-electron chi connectivity index (χ2n) is 2.32. The Bertz CT molecular complexity index is 249. The first kappa shape index (κ1) is 10.4. The van der Waals surface area contributed by atoms with Crippen LogP contribution in [0.3, 0.4) is 0 Å². The van der Waals surface area contributed by atoms with E-state index in [9.17, 15) is 9.36 Å². The van der Waals surface area contributed by atoms with E-state index in [2.05, 4.69) is 9.36 Å². The second-order valence-corrected chi connectivity index (χ2v) is 3.47. The van der Waals surface area contributed by atoms with E-state index < -0.39 is 26.6 Å². The summed E-state index contributed by atoms with van der Waals surface area (Å²) in [4.78, 5) is 27.4. The minimum absolute atomic E-state index is 0.208. The number of aliphatic hydroxyl groups excluding tert-OH is 1. The first-order valence-electron chi connectivity index (χ1n) is 3.26. The molecule has 1 rings (SSSR count). The van der Waals surface area contributed by atoms with Gasteiger partial charge in [-0.3, -0.25) is 0 Å². The van der Waals surface area contributed by atoms with Crippen molar-refractivity contribution >= 4 is 13.9 Å². The number of ether oxygens (including phenoxy) is 1. The van der Waals surface area contributed by atoms with Crippen LogP contribution in [0.25, 0.3) is 0 Å². The number of nitrogens with zero attached hydrogens (tertiary/aromatic N) is 1. The zero-order valence-corrected chi connectivity index (χ0v) is 7.26. The first-order valence-corrected chi connectivity index (χ1v) is 4.79. The average Bonchev–Trinajstić information content (AvgIpc) is 2.29. The lowest BCUT2D eigenvalue weighted by Crippen LogP contribution is -2.25. The Morgan fingerprint density at radius 2 is 2.31 bits per heavy atom. The summed E-state index contributed by atoms with van der Waals surface area (Å²) in [7, 11) is -4.75. The van der Waals surface area contributed by atoms with E-state index in [1.165, 1.54) is 0 Å². The zero-order chi connectivity index (χ0) is 10.1. The maximum absolute atomic E-state index is 10.7. The van der Waals surface area contributed by atoms with Gasteiger partial charge in [-0.25, -0.2) is 9.36 Å². The van der Waals surface area contributed by atoms with E-state index in [1.807, 2.05) is 0 Å². The summed E-state index contributed by atoms with van der Waals surface area (Å²) in [5.41, 5.74) is 0. The molecule has 0 aliphatic carbocycles. The number of rotatable bonds is 3. The highest BCUT2D eigenvalue weighted by Crippen LogP contribution is 2.38. The van der Waals surface area contributed by atoms with Gasteiger partial charge in [0, 0.05) is 0 Å². The van der Waals surface area contributed by atoms with Crippen LogP contribution in [0, 0.1) is 0 Å². The number of aliphatic hydroxyl groups is 1. The van der Waals surface area contributed by atoms with Gasteiger partial charge in [0.05, 0.1) is 13.2 Å². The molecule has 1 atom stereocenters. The molecular weight excluding hydrogens is 205 g/mol. The number of phosphoric acid groups is 1. The van der Waals surface area contributed by atoms with Crippen molar-refractivity contribution in [1.29, 1.82) is 0 Å².